The van der Waals surface area contributed by atoms with Crippen LogP contribution in [-0.2, 0) is 41.6 Å². The molecule has 1 aromatic heterocycles. The molecular formula is C55H72N6O10S. The number of carbonyl (C=O) groups excluding carboxylic acids is 3. The number of aliphatic carboxylic acids is 2. The quantitative estimate of drug-likeness (QED) is 0.0551. The van der Waals surface area contributed by atoms with Crippen molar-refractivity contribution in [3.63, 3.8) is 0 Å². The molecule has 7 aliphatic rings. The minimum atomic E-state index is -2.46. The third-order valence-electron chi connectivity index (χ3n) is 17.4. The molecule has 2 amide bonds. The van der Waals surface area contributed by atoms with Gasteiger partial charge in [-0.25, -0.2) is 9.59 Å². The number of amides is 2. The number of esters is 1. The highest BCUT2D eigenvalue weighted by Gasteiger charge is 2.61. The number of aliphatic hydroxyl groups is 2. The van der Waals surface area contributed by atoms with Crippen molar-refractivity contribution in [1.29, 1.82) is 0 Å². The van der Waals surface area contributed by atoms with E-state index in [9.17, 15) is 39.6 Å². The lowest BCUT2D eigenvalue weighted by atomic mass is 9.52. The number of ether oxygens (including phenoxy) is 1. The Morgan fingerprint density at radius 2 is 1.65 bits per heavy atom. The van der Waals surface area contributed by atoms with Crippen molar-refractivity contribution in [2.24, 2.45) is 34.5 Å². The number of fused-ring (bicyclic) bond motifs is 3. The predicted octanol–water partition coefficient (Wildman–Crippen LogP) is 5.35. The van der Waals surface area contributed by atoms with Gasteiger partial charge >= 0.3 is 17.9 Å². The van der Waals surface area contributed by atoms with Crippen LogP contribution in [0.4, 0.5) is 0 Å². The second kappa shape index (κ2) is 22.3. The van der Waals surface area contributed by atoms with Crippen molar-refractivity contribution < 1.29 is 49.1 Å². The molecule has 9 unspecified atom stereocenters. The number of aromatic nitrogens is 1. The Hall–Kier alpha value is -4.91. The van der Waals surface area contributed by atoms with Gasteiger partial charge in [0, 0.05) is 43.7 Å². The number of hydrogen-bond acceptors (Lipinski definition) is 13. The van der Waals surface area contributed by atoms with E-state index in [0.29, 0.717) is 12.2 Å². The van der Waals surface area contributed by atoms with Crippen LogP contribution in [0.1, 0.15) is 119 Å². The summed E-state index contributed by atoms with van der Waals surface area (Å²) in [6, 6.07) is 11.3. The molecule has 16 nitrogen and oxygen atoms in total. The van der Waals surface area contributed by atoms with Crippen molar-refractivity contribution >= 4 is 47.6 Å². The summed E-state index contributed by atoms with van der Waals surface area (Å²) >= 11 is 1.44. The summed E-state index contributed by atoms with van der Waals surface area (Å²) in [6.45, 7) is 0.735. The number of nitrogens with one attached hydrogen (secondary N) is 5. The number of carboxylic acid groups (broad SMARTS) is 2. The van der Waals surface area contributed by atoms with Crippen LogP contribution in [-0.4, -0.2) is 110 Å². The molecule has 0 radical (unpaired) electrons. The van der Waals surface area contributed by atoms with Crippen molar-refractivity contribution in [1.82, 2.24) is 31.6 Å². The predicted molar refractivity (Wildman–Crippen MR) is 271 cm³/mol. The summed E-state index contributed by atoms with van der Waals surface area (Å²) in [5.41, 5.74) is 4.32. The normalized spacial score (nSPS) is 28.0. The largest absolute Gasteiger partial charge is 0.478 e. The zero-order chi connectivity index (χ0) is 50.6. The minimum absolute atomic E-state index is 0.0230. The van der Waals surface area contributed by atoms with Gasteiger partial charge in [0.05, 0.1) is 5.25 Å². The third-order valence-corrected chi connectivity index (χ3v) is 19.0. The number of benzene rings is 1. The summed E-state index contributed by atoms with van der Waals surface area (Å²) in [7, 11) is 1.56. The molecule has 17 heteroatoms. The van der Waals surface area contributed by atoms with Crippen molar-refractivity contribution in [3.05, 3.63) is 94.0 Å². The van der Waals surface area contributed by atoms with E-state index in [4.69, 9.17) is 4.74 Å². The van der Waals surface area contributed by atoms with Gasteiger partial charge in [-0.15, -0.1) is 11.8 Å². The van der Waals surface area contributed by atoms with Gasteiger partial charge in [-0.05, 0) is 140 Å². The van der Waals surface area contributed by atoms with Gasteiger partial charge in [0.25, 0.3) is 0 Å². The smallest absolute Gasteiger partial charge is 0.353 e. The molecule has 5 aliphatic carbocycles. The summed E-state index contributed by atoms with van der Waals surface area (Å²) in [5.74, 6) is -4.78. The van der Waals surface area contributed by atoms with Gasteiger partial charge < -0.3 is 46.4 Å². The second-order valence-corrected chi connectivity index (χ2v) is 22.6. The molecule has 1 aromatic carbocycles. The first-order valence-corrected chi connectivity index (χ1v) is 27.4. The van der Waals surface area contributed by atoms with Gasteiger partial charge in [-0.1, -0.05) is 86.9 Å². The van der Waals surface area contributed by atoms with Gasteiger partial charge in [-0.2, -0.15) is 0 Å². The maximum Gasteiger partial charge on any atom is 0.353 e. The fourth-order valence-electron chi connectivity index (χ4n) is 14.0. The minimum Gasteiger partial charge on any atom is -0.478 e. The molecule has 9 rings (SSSR count). The van der Waals surface area contributed by atoms with Gasteiger partial charge in [0.15, 0.2) is 0 Å². The molecule has 2 aromatic rings. The number of pyridine rings is 1. The first kappa shape index (κ1) is 52.0. The molecule has 1 saturated heterocycles. The Balaban J connectivity index is 1.16. The third kappa shape index (κ3) is 10.4. The second-order valence-electron chi connectivity index (χ2n) is 21.5. The van der Waals surface area contributed by atoms with E-state index in [0.717, 1.165) is 108 Å². The van der Waals surface area contributed by atoms with Gasteiger partial charge in [-0.3, -0.25) is 24.7 Å². The van der Waals surface area contributed by atoms with E-state index in [1.165, 1.54) is 39.6 Å². The Morgan fingerprint density at radius 3 is 2.38 bits per heavy atom. The van der Waals surface area contributed by atoms with Gasteiger partial charge in [0.1, 0.15) is 17.7 Å². The highest BCUT2D eigenvalue weighted by molar-refractivity contribution is 8.00. The highest BCUT2D eigenvalue weighted by atomic mass is 32.2. The van der Waals surface area contributed by atoms with Crippen LogP contribution in [0, 0.1) is 34.5 Å². The number of thioether (sulfide) groups is 1. The number of carboxylic acids is 2. The average molecular weight is 1010 g/mol. The molecule has 72 heavy (non-hydrogen) atoms. The summed E-state index contributed by atoms with van der Waals surface area (Å²) in [5, 5.41) is 54.2. The summed E-state index contributed by atoms with van der Waals surface area (Å²) in [6.07, 6.45) is 20.3. The number of carbonyl (C=O) groups is 5. The van der Waals surface area contributed by atoms with Crippen LogP contribution in [0.2, 0.25) is 0 Å². The molecular weight excluding hydrogens is 937 g/mol. The lowest BCUT2D eigenvalue weighted by Crippen LogP contribution is -2.56. The Bertz CT molecular complexity index is 2450. The molecule has 3 fully saturated rings. The number of nitrogens with zero attached hydrogens (tertiary/aromatic N) is 1. The van der Waals surface area contributed by atoms with Crippen LogP contribution >= 0.6 is 11.8 Å². The van der Waals surface area contributed by atoms with Crippen molar-refractivity contribution in [2.45, 2.75) is 145 Å². The average Bonchev–Trinajstić information content (AvgIpc) is 4.11. The lowest BCUT2D eigenvalue weighted by Gasteiger charge is -2.52. The zero-order valence-electron chi connectivity index (χ0n) is 41.3. The highest BCUT2D eigenvalue weighted by Crippen LogP contribution is 2.66. The first-order chi connectivity index (χ1) is 34.8. The van der Waals surface area contributed by atoms with Crippen LogP contribution in [0.5, 0.6) is 0 Å². The van der Waals surface area contributed by atoms with E-state index in [1.807, 2.05) is 12.4 Å². The van der Waals surface area contributed by atoms with Crippen LogP contribution < -0.4 is 26.6 Å². The van der Waals surface area contributed by atoms with Crippen molar-refractivity contribution in [2.75, 3.05) is 26.0 Å². The number of allylic oxidation sites excluding steroid dienone is 2. The Morgan fingerprint density at radius 1 is 0.931 bits per heavy atom. The van der Waals surface area contributed by atoms with Crippen LogP contribution in [0.3, 0.4) is 0 Å². The topological polar surface area (TPSA) is 249 Å². The standard InChI is InChI=1S/C55H72N6O10S/c1-56-32-59-55(70,52(68)69)25-16-41(62)60-40(48(63)61-49(64)50(65)66)31-72-47-46-43-38(13-3-2-6-20-53(47)21-7-8-22-53)54(23-9-10-24-54)39(29-33-17-26-57-27-18-33)42(44(43)51(67)71-46)45-37-30-36-12-5-4-11-34(36)14-15-35(37)19-28-58-45/h4-5,11-12,14-15,17-18,26-27,35,37-38,40,44-45,47,49,56,58-59,64,70H,2-3,6-10,13,16,19-25,28-32H2,1H3,(H,60,62)(H,61,63)(H,65,66)(H,68,69). The fourth-order valence-corrected chi connectivity index (χ4v) is 15.7. The Labute approximate surface area is 426 Å². The van der Waals surface area contributed by atoms with Gasteiger partial charge in [0.2, 0.25) is 23.8 Å². The fraction of sp³-hybridized carbons (Fsp3) is 0.600. The molecule has 0 bridgehead atoms. The molecule has 2 saturated carbocycles. The Kier molecular flexibility index (Phi) is 16.1. The van der Waals surface area contributed by atoms with E-state index in [2.05, 4.69) is 80.1 Å². The van der Waals surface area contributed by atoms with Crippen molar-refractivity contribution in [3.8, 4) is 0 Å². The summed E-state index contributed by atoms with van der Waals surface area (Å²) in [4.78, 5) is 71.6. The maximum atomic E-state index is 15.6. The zero-order valence-corrected chi connectivity index (χ0v) is 42.2. The number of aliphatic hydroxyl groups excluding tert-OH is 1. The lowest BCUT2D eigenvalue weighted by molar-refractivity contribution is -0.164. The molecule has 2 spiro atoms. The number of hydrogen-bond donors (Lipinski definition) is 9. The SMILES string of the molecule is CNCNC(O)(CCC(=O)NC(CSC1C2=C3C(C(=O)O2)C(C2NCCC4C=Cc5ccccc5CC42)=C(Cc2ccncc2)C2(CCCC2)C3CCCCCC12CCCC2)C(=O)NC(O)C(=O)O)C(=O)O. The molecule has 9 atom stereocenters. The van der Waals surface area contributed by atoms with E-state index >= 15 is 4.79 Å². The van der Waals surface area contributed by atoms with Crippen LogP contribution in [0.15, 0.2) is 77.3 Å². The maximum absolute atomic E-state index is 15.6. The van der Waals surface area contributed by atoms with E-state index in [1.54, 1.807) is 7.05 Å². The summed E-state index contributed by atoms with van der Waals surface area (Å²) < 4.78 is 6.98. The number of piperidine rings is 1. The number of rotatable bonds is 17. The molecule has 9 N–H and O–H groups in total. The molecule has 388 valence electrons. The van der Waals surface area contributed by atoms with Crippen LogP contribution in [0.25, 0.3) is 6.08 Å². The van der Waals surface area contributed by atoms with E-state index < -0.39 is 65.8 Å². The monoisotopic (exact) mass is 1010 g/mol. The molecule has 2 aliphatic heterocycles. The molecule has 3 heterocycles. The van der Waals surface area contributed by atoms with E-state index in [-0.39, 0.29) is 53.0 Å². The first-order valence-electron chi connectivity index (χ1n) is 26.3.